The lowest BCUT2D eigenvalue weighted by Crippen LogP contribution is -2.06. The Bertz CT molecular complexity index is 869. The van der Waals surface area contributed by atoms with Crippen molar-refractivity contribution in [1.29, 1.82) is 0 Å². The first kappa shape index (κ1) is 15.6. The molecule has 3 rings (SSSR count). The Kier molecular flexibility index (Phi) is 4.09. The lowest BCUT2D eigenvalue weighted by Gasteiger charge is -2.15. The number of fused-ring (bicyclic) bond motifs is 1. The zero-order valence-electron chi connectivity index (χ0n) is 13.3. The summed E-state index contributed by atoms with van der Waals surface area (Å²) in [6, 6.07) is 9.48. The van der Waals surface area contributed by atoms with Gasteiger partial charge in [-0.25, -0.2) is 4.98 Å². The second-order valence-corrected chi connectivity index (χ2v) is 6.83. The van der Waals surface area contributed by atoms with Crippen LogP contribution in [0.1, 0.15) is 16.7 Å². The predicted molar refractivity (Wildman–Crippen MR) is 93.1 cm³/mol. The third-order valence-electron chi connectivity index (χ3n) is 3.93. The number of rotatable bonds is 4. The highest BCUT2D eigenvalue weighted by Gasteiger charge is 2.17. The van der Waals surface area contributed by atoms with Crippen LogP contribution in [0.5, 0.6) is 5.75 Å². The van der Waals surface area contributed by atoms with Gasteiger partial charge >= 0.3 is 0 Å². The number of H-pyrrole nitrogens is 1. The van der Waals surface area contributed by atoms with Gasteiger partial charge < -0.3 is 15.5 Å². The average Bonchev–Trinajstić information content (AvgIpc) is 2.95. The van der Waals surface area contributed by atoms with E-state index in [0.29, 0.717) is 16.6 Å². The zero-order chi connectivity index (χ0) is 16.6. The molecule has 0 aliphatic heterocycles. The Morgan fingerprint density at radius 3 is 2.74 bits per heavy atom. The molecule has 1 atom stereocenters. The van der Waals surface area contributed by atoms with Gasteiger partial charge in [0.05, 0.1) is 34.7 Å². The van der Waals surface area contributed by atoms with Crippen LogP contribution in [0.2, 0.25) is 0 Å². The molecule has 0 radical (unpaired) electrons. The van der Waals surface area contributed by atoms with E-state index in [9.17, 15) is 4.21 Å². The molecule has 0 amide bonds. The molecule has 0 saturated carbocycles. The van der Waals surface area contributed by atoms with Crippen molar-refractivity contribution >= 4 is 27.5 Å². The molecule has 120 valence electrons. The quantitative estimate of drug-likeness (QED) is 0.721. The second kappa shape index (κ2) is 6.04. The van der Waals surface area contributed by atoms with Gasteiger partial charge in [0.25, 0.3) is 0 Å². The smallest absolute Gasteiger partial charge is 0.197 e. The van der Waals surface area contributed by atoms with Crippen LogP contribution in [-0.2, 0) is 16.6 Å². The van der Waals surface area contributed by atoms with Crippen LogP contribution in [0.3, 0.4) is 0 Å². The summed E-state index contributed by atoms with van der Waals surface area (Å²) in [7, 11) is 0.324. The van der Waals surface area contributed by atoms with Crippen LogP contribution in [0.25, 0.3) is 11.0 Å². The highest BCUT2D eigenvalue weighted by molar-refractivity contribution is 7.84. The van der Waals surface area contributed by atoms with E-state index in [1.54, 1.807) is 7.11 Å². The molecule has 0 fully saturated rings. The van der Waals surface area contributed by atoms with E-state index < -0.39 is 10.8 Å². The maximum absolute atomic E-state index is 12.7. The van der Waals surface area contributed by atoms with E-state index >= 15 is 0 Å². The SMILES string of the molecule is COc1c(C)cc(N)c(CS(=O)c2nc3ccccc3[nH]2)c1C. The lowest BCUT2D eigenvalue weighted by atomic mass is 10.0. The Morgan fingerprint density at radius 1 is 1.30 bits per heavy atom. The molecule has 0 bridgehead atoms. The molecule has 1 heterocycles. The number of imidazole rings is 1. The molecule has 6 heteroatoms. The van der Waals surface area contributed by atoms with Crippen LogP contribution in [0.15, 0.2) is 35.5 Å². The maximum Gasteiger partial charge on any atom is 0.197 e. The molecule has 0 aliphatic rings. The van der Waals surface area contributed by atoms with Gasteiger partial charge in [-0.05, 0) is 48.7 Å². The fourth-order valence-electron chi connectivity index (χ4n) is 2.78. The summed E-state index contributed by atoms with van der Waals surface area (Å²) < 4.78 is 18.1. The number of nitrogens with one attached hydrogen (secondary N) is 1. The minimum absolute atomic E-state index is 0.300. The largest absolute Gasteiger partial charge is 0.496 e. The number of hydrogen-bond acceptors (Lipinski definition) is 4. The molecule has 0 spiro atoms. The van der Waals surface area contributed by atoms with Crippen LogP contribution in [-0.4, -0.2) is 21.3 Å². The molecule has 3 N–H and O–H groups in total. The fourth-order valence-corrected chi connectivity index (χ4v) is 3.98. The zero-order valence-corrected chi connectivity index (χ0v) is 14.2. The topological polar surface area (TPSA) is 81.0 Å². The van der Waals surface area contributed by atoms with Crippen molar-refractivity contribution < 1.29 is 8.95 Å². The van der Waals surface area contributed by atoms with Crippen LogP contribution in [0, 0.1) is 13.8 Å². The number of aromatic amines is 1. The number of anilines is 1. The van der Waals surface area contributed by atoms with Gasteiger partial charge in [-0.15, -0.1) is 0 Å². The number of benzene rings is 2. The Labute approximate surface area is 137 Å². The number of aromatic nitrogens is 2. The Hall–Kier alpha value is -2.34. The summed E-state index contributed by atoms with van der Waals surface area (Å²) in [6.07, 6.45) is 0. The standard InChI is InChI=1S/C17H19N3O2S/c1-10-8-13(18)12(11(2)16(10)22-3)9-23(21)17-19-14-6-4-5-7-15(14)20-17/h4-8H,9,18H2,1-3H3,(H,19,20). The molecule has 0 aliphatic carbocycles. The predicted octanol–water partition coefficient (Wildman–Crippen LogP) is 3.08. The van der Waals surface area contributed by atoms with Crippen molar-refractivity contribution in [3.63, 3.8) is 0 Å². The Balaban J connectivity index is 1.97. The van der Waals surface area contributed by atoms with Crippen molar-refractivity contribution in [2.45, 2.75) is 24.8 Å². The van der Waals surface area contributed by atoms with Gasteiger partial charge in [0, 0.05) is 5.69 Å². The molecule has 2 aromatic carbocycles. The summed E-state index contributed by atoms with van der Waals surface area (Å²) >= 11 is 0. The molecule has 5 nitrogen and oxygen atoms in total. The number of para-hydroxylation sites is 2. The van der Waals surface area contributed by atoms with Crippen molar-refractivity contribution in [3.05, 3.63) is 47.0 Å². The number of methoxy groups -OCH3 is 1. The van der Waals surface area contributed by atoms with Crippen molar-refractivity contribution in [1.82, 2.24) is 9.97 Å². The molecule has 23 heavy (non-hydrogen) atoms. The number of hydrogen-bond donors (Lipinski definition) is 2. The molecular weight excluding hydrogens is 310 g/mol. The summed E-state index contributed by atoms with van der Waals surface area (Å²) in [5, 5.41) is 0.463. The summed E-state index contributed by atoms with van der Waals surface area (Å²) in [5.74, 6) is 1.09. The molecule has 0 saturated heterocycles. The van der Waals surface area contributed by atoms with Gasteiger partial charge in [-0.2, -0.15) is 0 Å². The molecule has 3 aromatic rings. The monoisotopic (exact) mass is 329 g/mol. The number of nitrogens with two attached hydrogens (primary N) is 1. The minimum atomic E-state index is -1.31. The number of aryl methyl sites for hydroxylation is 1. The highest BCUT2D eigenvalue weighted by atomic mass is 32.2. The van der Waals surface area contributed by atoms with Gasteiger partial charge in [0.2, 0.25) is 0 Å². The van der Waals surface area contributed by atoms with Crippen LogP contribution in [0.4, 0.5) is 5.69 Å². The van der Waals surface area contributed by atoms with Crippen molar-refractivity contribution in [3.8, 4) is 5.75 Å². The van der Waals surface area contributed by atoms with Crippen LogP contribution >= 0.6 is 0 Å². The minimum Gasteiger partial charge on any atom is -0.496 e. The summed E-state index contributed by atoms with van der Waals surface area (Å²) in [6.45, 7) is 3.88. The first-order valence-electron chi connectivity index (χ1n) is 7.27. The van der Waals surface area contributed by atoms with E-state index in [1.807, 2.05) is 44.2 Å². The van der Waals surface area contributed by atoms with Gasteiger partial charge in [-0.1, -0.05) is 12.1 Å². The fraction of sp³-hybridized carbons (Fsp3) is 0.235. The van der Waals surface area contributed by atoms with Crippen LogP contribution < -0.4 is 10.5 Å². The second-order valence-electron chi connectivity index (χ2n) is 5.47. The van der Waals surface area contributed by atoms with Crippen molar-refractivity contribution in [2.24, 2.45) is 0 Å². The van der Waals surface area contributed by atoms with E-state index in [0.717, 1.165) is 33.5 Å². The first-order valence-corrected chi connectivity index (χ1v) is 8.58. The molecular formula is C17H19N3O2S. The van der Waals surface area contributed by atoms with Gasteiger partial charge in [0.15, 0.2) is 5.16 Å². The maximum atomic E-state index is 12.7. The normalized spacial score (nSPS) is 12.5. The number of nitrogen functional groups attached to an aromatic ring is 1. The first-order chi connectivity index (χ1) is 11.0. The molecule has 1 unspecified atom stereocenters. The van der Waals surface area contributed by atoms with E-state index in [1.165, 1.54) is 0 Å². The highest BCUT2D eigenvalue weighted by Crippen LogP contribution is 2.32. The van der Waals surface area contributed by atoms with E-state index in [-0.39, 0.29) is 0 Å². The van der Waals surface area contributed by atoms with E-state index in [2.05, 4.69) is 9.97 Å². The van der Waals surface area contributed by atoms with Gasteiger partial charge in [-0.3, -0.25) is 4.21 Å². The third kappa shape index (κ3) is 2.82. The lowest BCUT2D eigenvalue weighted by molar-refractivity contribution is 0.408. The molecule has 1 aromatic heterocycles. The average molecular weight is 329 g/mol. The third-order valence-corrected chi connectivity index (χ3v) is 5.11. The Morgan fingerprint density at radius 2 is 2.04 bits per heavy atom. The van der Waals surface area contributed by atoms with Gasteiger partial charge in [0.1, 0.15) is 5.75 Å². The van der Waals surface area contributed by atoms with Crippen molar-refractivity contribution in [2.75, 3.05) is 12.8 Å². The number of nitrogens with zero attached hydrogens (tertiary/aromatic N) is 1. The summed E-state index contributed by atoms with van der Waals surface area (Å²) in [5.41, 5.74) is 11.2. The van der Waals surface area contributed by atoms with E-state index in [4.69, 9.17) is 10.5 Å². The number of ether oxygens (including phenoxy) is 1. The summed E-state index contributed by atoms with van der Waals surface area (Å²) in [4.78, 5) is 7.51.